The number of carbonyl (C=O) groups is 2. The van der Waals surface area contributed by atoms with E-state index in [1.165, 1.54) is 0 Å². The molecule has 0 aliphatic rings. The van der Waals surface area contributed by atoms with Crippen molar-refractivity contribution in [3.8, 4) is 0 Å². The third-order valence-corrected chi connectivity index (χ3v) is 3.02. The molecule has 0 atom stereocenters. The van der Waals surface area contributed by atoms with Crippen LogP contribution in [-0.4, -0.2) is 29.0 Å². The molecule has 0 aliphatic carbocycles. The Morgan fingerprint density at radius 2 is 2.00 bits per heavy atom. The van der Waals surface area contributed by atoms with E-state index < -0.39 is 11.7 Å². The topological polar surface area (TPSA) is 68.3 Å². The average molecular weight is 357 g/mol. The Morgan fingerprint density at radius 1 is 1.29 bits per heavy atom. The van der Waals surface area contributed by atoms with E-state index in [1.807, 2.05) is 20.8 Å². The number of ether oxygens (including phenoxy) is 1. The summed E-state index contributed by atoms with van der Waals surface area (Å²) in [5.41, 5.74) is 0.118. The van der Waals surface area contributed by atoms with Crippen molar-refractivity contribution in [2.75, 3.05) is 6.54 Å². The molecule has 0 fully saturated rings. The van der Waals surface area contributed by atoms with E-state index in [0.717, 1.165) is 6.42 Å². The summed E-state index contributed by atoms with van der Waals surface area (Å²) < 4.78 is 5.83. The summed E-state index contributed by atoms with van der Waals surface area (Å²) in [6, 6.07) is 3.50. The number of rotatable bonds is 6. The molecular weight excluding hydrogens is 336 g/mol. The van der Waals surface area contributed by atoms with Crippen molar-refractivity contribution in [1.82, 2.24) is 10.3 Å². The van der Waals surface area contributed by atoms with Gasteiger partial charge in [0.05, 0.1) is 0 Å². The monoisotopic (exact) mass is 356 g/mol. The fraction of sp³-hybridized carbons (Fsp3) is 0.533. The Kier molecular flexibility index (Phi) is 6.81. The number of Topliss-reactive ketones (excluding diaryl/α,β-unsaturated/α-hetero) is 1. The van der Waals surface area contributed by atoms with Gasteiger partial charge in [-0.05, 0) is 61.7 Å². The van der Waals surface area contributed by atoms with Gasteiger partial charge in [-0.15, -0.1) is 0 Å². The zero-order chi connectivity index (χ0) is 15.9. The van der Waals surface area contributed by atoms with Crippen LogP contribution < -0.4 is 5.32 Å². The smallest absolute Gasteiger partial charge is 0.407 e. The Bertz CT molecular complexity index is 481. The van der Waals surface area contributed by atoms with Crippen LogP contribution in [0.25, 0.3) is 0 Å². The Labute approximate surface area is 133 Å². The molecular formula is C15H21BrN2O3. The highest BCUT2D eigenvalue weighted by atomic mass is 79.9. The first-order chi connectivity index (χ1) is 9.78. The van der Waals surface area contributed by atoms with Gasteiger partial charge in [0.15, 0.2) is 5.78 Å². The molecule has 0 radical (unpaired) electrons. The fourth-order valence-electron chi connectivity index (χ4n) is 1.60. The van der Waals surface area contributed by atoms with Crippen LogP contribution in [0.15, 0.2) is 22.9 Å². The quantitative estimate of drug-likeness (QED) is 0.479. The van der Waals surface area contributed by atoms with Crippen LogP contribution >= 0.6 is 15.9 Å². The molecule has 1 rings (SSSR count). The molecule has 5 nitrogen and oxygen atoms in total. The molecule has 0 saturated carbocycles. The van der Waals surface area contributed by atoms with Gasteiger partial charge in [-0.1, -0.05) is 0 Å². The molecule has 0 saturated heterocycles. The predicted molar refractivity (Wildman–Crippen MR) is 84.4 cm³/mol. The van der Waals surface area contributed by atoms with Gasteiger partial charge in [0.1, 0.15) is 10.2 Å². The van der Waals surface area contributed by atoms with Gasteiger partial charge in [-0.3, -0.25) is 4.79 Å². The Morgan fingerprint density at radius 3 is 2.57 bits per heavy atom. The number of pyridine rings is 1. The summed E-state index contributed by atoms with van der Waals surface area (Å²) in [5.74, 6) is 0.0623. The molecule has 1 aromatic rings. The zero-order valence-electron chi connectivity index (χ0n) is 12.6. The van der Waals surface area contributed by atoms with Crippen molar-refractivity contribution < 1.29 is 14.3 Å². The minimum atomic E-state index is -0.491. The van der Waals surface area contributed by atoms with Crippen LogP contribution in [0.3, 0.4) is 0 Å². The molecule has 21 heavy (non-hydrogen) atoms. The standard InChI is InChI=1S/C15H21BrN2O3/c1-15(2,3)21-14(20)17-9-5-4-6-12(19)11-7-8-13(16)18-10-11/h7-8,10H,4-6,9H2,1-3H3,(H,17,20). The summed E-state index contributed by atoms with van der Waals surface area (Å²) in [5, 5.41) is 2.67. The molecule has 0 bridgehead atoms. The van der Waals surface area contributed by atoms with Crippen LogP contribution in [0.2, 0.25) is 0 Å². The van der Waals surface area contributed by atoms with Gasteiger partial charge < -0.3 is 10.1 Å². The van der Waals surface area contributed by atoms with Gasteiger partial charge in [0.25, 0.3) is 0 Å². The summed E-state index contributed by atoms with van der Waals surface area (Å²) in [7, 11) is 0. The number of halogens is 1. The molecule has 1 N–H and O–H groups in total. The third kappa shape index (κ3) is 7.80. The highest BCUT2D eigenvalue weighted by molar-refractivity contribution is 9.10. The first-order valence-electron chi connectivity index (χ1n) is 6.89. The third-order valence-electron chi connectivity index (χ3n) is 2.55. The second kappa shape index (κ2) is 8.12. The summed E-state index contributed by atoms with van der Waals surface area (Å²) >= 11 is 3.23. The van der Waals surface area contributed by atoms with E-state index in [1.54, 1.807) is 18.3 Å². The maximum atomic E-state index is 11.9. The second-order valence-corrected chi connectivity index (χ2v) is 6.49. The lowest BCUT2D eigenvalue weighted by molar-refractivity contribution is 0.0527. The molecule has 0 aliphatic heterocycles. The van der Waals surface area contributed by atoms with E-state index in [-0.39, 0.29) is 5.78 Å². The maximum Gasteiger partial charge on any atom is 0.407 e. The molecule has 1 amide bonds. The number of hydrogen-bond donors (Lipinski definition) is 1. The lowest BCUT2D eigenvalue weighted by atomic mass is 10.1. The average Bonchev–Trinajstić information content (AvgIpc) is 2.36. The molecule has 116 valence electrons. The molecule has 0 unspecified atom stereocenters. The van der Waals surface area contributed by atoms with Gasteiger partial charge >= 0.3 is 6.09 Å². The van der Waals surface area contributed by atoms with Crippen molar-refractivity contribution in [2.45, 2.75) is 45.6 Å². The fourth-order valence-corrected chi connectivity index (χ4v) is 1.83. The number of unbranched alkanes of at least 4 members (excludes halogenated alkanes) is 1. The predicted octanol–water partition coefficient (Wildman–Crippen LogP) is 3.72. The van der Waals surface area contributed by atoms with Gasteiger partial charge in [0.2, 0.25) is 0 Å². The van der Waals surface area contributed by atoms with E-state index in [4.69, 9.17) is 4.74 Å². The minimum Gasteiger partial charge on any atom is -0.444 e. The largest absolute Gasteiger partial charge is 0.444 e. The van der Waals surface area contributed by atoms with E-state index in [2.05, 4.69) is 26.2 Å². The van der Waals surface area contributed by atoms with Crippen LogP contribution in [0.5, 0.6) is 0 Å². The number of alkyl carbamates (subject to hydrolysis) is 1. The first-order valence-corrected chi connectivity index (χ1v) is 7.69. The van der Waals surface area contributed by atoms with Gasteiger partial charge in [-0.2, -0.15) is 0 Å². The molecule has 0 spiro atoms. The Balaban J connectivity index is 2.18. The van der Waals surface area contributed by atoms with Gasteiger partial charge in [0, 0.05) is 24.7 Å². The van der Waals surface area contributed by atoms with Crippen molar-refractivity contribution in [3.05, 3.63) is 28.5 Å². The zero-order valence-corrected chi connectivity index (χ0v) is 14.2. The maximum absolute atomic E-state index is 11.9. The molecule has 6 heteroatoms. The molecule has 1 heterocycles. The van der Waals surface area contributed by atoms with Crippen LogP contribution in [0, 0.1) is 0 Å². The number of aromatic nitrogens is 1. The summed E-state index contributed by atoms with van der Waals surface area (Å²) in [4.78, 5) is 27.3. The van der Waals surface area contributed by atoms with E-state index in [9.17, 15) is 9.59 Å². The molecule has 1 aromatic heterocycles. The number of ketones is 1. The van der Waals surface area contributed by atoms with Crippen molar-refractivity contribution in [2.24, 2.45) is 0 Å². The summed E-state index contributed by atoms with van der Waals surface area (Å²) in [6.45, 7) is 5.95. The number of hydrogen-bond acceptors (Lipinski definition) is 4. The van der Waals surface area contributed by atoms with Gasteiger partial charge in [-0.25, -0.2) is 9.78 Å². The SMILES string of the molecule is CC(C)(C)OC(=O)NCCCCC(=O)c1ccc(Br)nc1. The number of nitrogens with zero attached hydrogens (tertiary/aromatic N) is 1. The Hall–Kier alpha value is -1.43. The van der Waals surface area contributed by atoms with Crippen LogP contribution in [0.1, 0.15) is 50.4 Å². The lowest BCUT2D eigenvalue weighted by Gasteiger charge is -2.19. The summed E-state index contributed by atoms with van der Waals surface area (Å²) in [6.07, 6.45) is 3.02. The molecule has 0 aromatic carbocycles. The highest BCUT2D eigenvalue weighted by Gasteiger charge is 2.15. The number of amides is 1. The van der Waals surface area contributed by atoms with Crippen molar-refractivity contribution in [1.29, 1.82) is 0 Å². The lowest BCUT2D eigenvalue weighted by Crippen LogP contribution is -2.33. The second-order valence-electron chi connectivity index (χ2n) is 5.68. The van der Waals surface area contributed by atoms with Crippen LogP contribution in [0.4, 0.5) is 4.79 Å². The van der Waals surface area contributed by atoms with Crippen LogP contribution in [-0.2, 0) is 4.74 Å². The van der Waals surface area contributed by atoms with E-state index >= 15 is 0 Å². The van der Waals surface area contributed by atoms with Crippen molar-refractivity contribution >= 4 is 27.8 Å². The first kappa shape index (κ1) is 17.6. The normalized spacial score (nSPS) is 11.0. The number of carbonyl (C=O) groups excluding carboxylic acids is 2. The number of nitrogens with one attached hydrogen (secondary N) is 1. The highest BCUT2D eigenvalue weighted by Crippen LogP contribution is 2.10. The van der Waals surface area contributed by atoms with E-state index in [0.29, 0.717) is 29.6 Å². The minimum absolute atomic E-state index is 0.0623. The van der Waals surface area contributed by atoms with Crippen molar-refractivity contribution in [3.63, 3.8) is 0 Å².